The number of aliphatic hydroxyl groups excluding tert-OH is 3. The Morgan fingerprint density at radius 3 is 2.44 bits per heavy atom. The second-order valence-corrected chi connectivity index (χ2v) is 9.96. The molecule has 2 aliphatic heterocycles. The van der Waals surface area contributed by atoms with E-state index in [1.807, 2.05) is 27.7 Å². The van der Waals surface area contributed by atoms with Crippen LogP contribution in [0.15, 0.2) is 11.1 Å². The van der Waals surface area contributed by atoms with Gasteiger partial charge in [0.15, 0.2) is 6.29 Å². The van der Waals surface area contributed by atoms with Gasteiger partial charge in [0.05, 0.1) is 37.1 Å². The number of aliphatic hydroxyl groups is 3. The van der Waals surface area contributed by atoms with Crippen LogP contribution >= 0.6 is 0 Å². The third kappa shape index (κ3) is 8.10. The number of cyclic esters (lactones) is 2. The van der Waals surface area contributed by atoms with Crippen molar-refractivity contribution in [3.8, 4) is 0 Å². The summed E-state index contributed by atoms with van der Waals surface area (Å²) in [4.78, 5) is 35.4. The average molecular weight is 488 g/mol. The highest BCUT2D eigenvalue weighted by Crippen LogP contribution is 2.24. The summed E-state index contributed by atoms with van der Waals surface area (Å²) in [5, 5.41) is 31.8. The van der Waals surface area contributed by atoms with Crippen molar-refractivity contribution in [2.45, 2.75) is 96.0 Å². The van der Waals surface area contributed by atoms with Gasteiger partial charge in [0.25, 0.3) is 0 Å². The molecule has 0 spiro atoms. The first-order valence-electron chi connectivity index (χ1n) is 11.4. The zero-order chi connectivity index (χ0) is 25.7. The van der Waals surface area contributed by atoms with Gasteiger partial charge in [0.2, 0.25) is 5.91 Å². The predicted molar refractivity (Wildman–Crippen MR) is 118 cm³/mol. The molecule has 0 aliphatic carbocycles. The fraction of sp³-hybridized carbons (Fsp3) is 0.783. The smallest absolute Gasteiger partial charge is 0.342 e. The SMILES string of the molecule is CC1=C(CCC(=O)NC(C)(C)COC(C)(C)CCOC2CC(O)[C@@H](O)[C@@H](CO)O2)C(=O)OC1=O. The number of rotatable bonds is 12. The molecule has 11 nitrogen and oxygen atoms in total. The van der Waals surface area contributed by atoms with E-state index in [0.29, 0.717) is 6.42 Å². The van der Waals surface area contributed by atoms with Crippen LogP contribution in [0.1, 0.15) is 60.3 Å². The molecule has 0 aromatic rings. The Morgan fingerprint density at radius 2 is 1.85 bits per heavy atom. The lowest BCUT2D eigenvalue weighted by molar-refractivity contribution is -0.259. The van der Waals surface area contributed by atoms with Gasteiger partial charge in [-0.15, -0.1) is 0 Å². The second kappa shape index (κ2) is 11.7. The first-order valence-corrected chi connectivity index (χ1v) is 11.4. The summed E-state index contributed by atoms with van der Waals surface area (Å²) in [5.41, 5.74) is -0.822. The first kappa shape index (κ1) is 28.3. The molecular formula is C23H37NO10. The van der Waals surface area contributed by atoms with E-state index >= 15 is 0 Å². The van der Waals surface area contributed by atoms with Crippen molar-refractivity contribution < 1.29 is 48.7 Å². The number of hydrogen-bond acceptors (Lipinski definition) is 10. The van der Waals surface area contributed by atoms with Crippen LogP contribution in [0.25, 0.3) is 0 Å². The molecule has 1 fully saturated rings. The largest absolute Gasteiger partial charge is 0.394 e. The van der Waals surface area contributed by atoms with Crippen LogP contribution in [0.5, 0.6) is 0 Å². The van der Waals surface area contributed by atoms with Gasteiger partial charge < -0.3 is 39.6 Å². The molecule has 0 radical (unpaired) electrons. The lowest BCUT2D eigenvalue weighted by Gasteiger charge is -2.37. The van der Waals surface area contributed by atoms with Crippen molar-refractivity contribution in [1.82, 2.24) is 5.32 Å². The molecule has 11 heteroatoms. The van der Waals surface area contributed by atoms with Crippen LogP contribution < -0.4 is 5.32 Å². The third-order valence-electron chi connectivity index (χ3n) is 5.82. The molecule has 4 N–H and O–H groups in total. The van der Waals surface area contributed by atoms with Gasteiger partial charge in [0, 0.05) is 24.0 Å². The van der Waals surface area contributed by atoms with Crippen molar-refractivity contribution >= 4 is 17.8 Å². The molecule has 2 rings (SSSR count). The average Bonchev–Trinajstić information content (AvgIpc) is 2.98. The first-order chi connectivity index (χ1) is 15.7. The van der Waals surface area contributed by atoms with Gasteiger partial charge in [-0.25, -0.2) is 9.59 Å². The molecule has 2 aliphatic rings. The topological polar surface area (TPSA) is 161 Å². The van der Waals surface area contributed by atoms with E-state index in [2.05, 4.69) is 10.1 Å². The number of ether oxygens (including phenoxy) is 4. The Bertz CT molecular complexity index is 791. The van der Waals surface area contributed by atoms with E-state index in [4.69, 9.17) is 14.2 Å². The lowest BCUT2D eigenvalue weighted by atomic mass is 10.0. The molecule has 1 amide bonds. The maximum atomic E-state index is 12.4. The number of carbonyl (C=O) groups is 3. The molecule has 0 saturated carbocycles. The summed E-state index contributed by atoms with van der Waals surface area (Å²) in [7, 11) is 0. The number of carbonyl (C=O) groups excluding carboxylic acids is 3. The zero-order valence-electron chi connectivity index (χ0n) is 20.5. The Labute approximate surface area is 199 Å². The molecule has 0 bridgehead atoms. The Morgan fingerprint density at radius 1 is 1.18 bits per heavy atom. The van der Waals surface area contributed by atoms with E-state index < -0.39 is 54.3 Å². The van der Waals surface area contributed by atoms with Crippen molar-refractivity contribution in [1.29, 1.82) is 0 Å². The molecule has 1 saturated heterocycles. The molecule has 0 aromatic carbocycles. The van der Waals surface area contributed by atoms with Crippen LogP contribution in [0.2, 0.25) is 0 Å². The standard InChI is InChI=1S/C23H37NO10/c1-13-14(21(30)34-20(13)29)6-7-17(27)24-22(2,3)12-32-23(4,5)8-9-31-18-10-15(26)19(28)16(11-25)33-18/h15-16,18-19,25-26,28H,6-12H2,1-5H3,(H,24,27)/t15?,16-,18?,19-/m1/s1. The minimum Gasteiger partial charge on any atom is -0.394 e. The monoisotopic (exact) mass is 487 g/mol. The molecule has 2 unspecified atom stereocenters. The molecule has 4 atom stereocenters. The van der Waals surface area contributed by atoms with Gasteiger partial charge in [-0.05, 0) is 47.5 Å². The fourth-order valence-electron chi connectivity index (χ4n) is 3.56. The number of amides is 1. The van der Waals surface area contributed by atoms with Crippen molar-refractivity contribution in [2.24, 2.45) is 0 Å². The number of esters is 2. The summed E-state index contributed by atoms with van der Waals surface area (Å²) < 4.78 is 21.6. The highest BCUT2D eigenvalue weighted by atomic mass is 16.7. The van der Waals surface area contributed by atoms with Gasteiger partial charge in [-0.3, -0.25) is 4.79 Å². The predicted octanol–water partition coefficient (Wildman–Crippen LogP) is 0.0923. The Balaban J connectivity index is 1.73. The minimum absolute atomic E-state index is 0.0342. The fourth-order valence-corrected chi connectivity index (χ4v) is 3.56. The van der Waals surface area contributed by atoms with Gasteiger partial charge in [-0.2, -0.15) is 0 Å². The van der Waals surface area contributed by atoms with E-state index in [-0.39, 0.29) is 49.5 Å². The third-order valence-corrected chi connectivity index (χ3v) is 5.82. The number of hydrogen-bond donors (Lipinski definition) is 4. The summed E-state index contributed by atoms with van der Waals surface area (Å²) in [5.74, 6) is -1.65. The van der Waals surface area contributed by atoms with Crippen molar-refractivity contribution in [3.63, 3.8) is 0 Å². The summed E-state index contributed by atoms with van der Waals surface area (Å²) >= 11 is 0. The molecule has 0 aromatic heterocycles. The van der Waals surface area contributed by atoms with Crippen LogP contribution in [-0.4, -0.2) is 88.7 Å². The molecule has 194 valence electrons. The van der Waals surface area contributed by atoms with Crippen molar-refractivity contribution in [2.75, 3.05) is 19.8 Å². The van der Waals surface area contributed by atoms with Crippen LogP contribution in [-0.2, 0) is 33.3 Å². The highest BCUT2D eigenvalue weighted by molar-refractivity contribution is 6.12. The van der Waals surface area contributed by atoms with E-state index in [0.717, 1.165) is 0 Å². The zero-order valence-corrected chi connectivity index (χ0v) is 20.5. The normalized spacial score (nSPS) is 26.1. The van der Waals surface area contributed by atoms with Crippen LogP contribution in [0.4, 0.5) is 0 Å². The Kier molecular flexibility index (Phi) is 9.75. The van der Waals surface area contributed by atoms with E-state index in [9.17, 15) is 29.7 Å². The second-order valence-electron chi connectivity index (χ2n) is 9.96. The minimum atomic E-state index is -1.16. The van der Waals surface area contributed by atoms with E-state index in [1.165, 1.54) is 6.92 Å². The maximum absolute atomic E-state index is 12.4. The molecule has 2 heterocycles. The molecular weight excluding hydrogens is 450 g/mol. The van der Waals surface area contributed by atoms with Gasteiger partial charge >= 0.3 is 11.9 Å². The summed E-state index contributed by atoms with van der Waals surface area (Å²) in [6, 6.07) is 0. The summed E-state index contributed by atoms with van der Waals surface area (Å²) in [6.45, 7) is 8.93. The summed E-state index contributed by atoms with van der Waals surface area (Å²) in [6.07, 6.45) is -3.10. The van der Waals surface area contributed by atoms with Gasteiger partial charge in [0.1, 0.15) is 12.2 Å². The van der Waals surface area contributed by atoms with Crippen molar-refractivity contribution in [3.05, 3.63) is 11.1 Å². The highest BCUT2D eigenvalue weighted by Gasteiger charge is 2.37. The quantitative estimate of drug-likeness (QED) is 0.219. The van der Waals surface area contributed by atoms with Crippen LogP contribution in [0, 0.1) is 0 Å². The molecule has 34 heavy (non-hydrogen) atoms. The maximum Gasteiger partial charge on any atom is 0.342 e. The van der Waals surface area contributed by atoms with E-state index in [1.54, 1.807) is 0 Å². The Hall–Kier alpha value is -1.89. The van der Waals surface area contributed by atoms with Crippen LogP contribution in [0.3, 0.4) is 0 Å². The lowest BCUT2D eigenvalue weighted by Crippen LogP contribution is -2.50. The van der Waals surface area contributed by atoms with Gasteiger partial charge in [-0.1, -0.05) is 0 Å². The number of nitrogens with one attached hydrogen (secondary N) is 1.